The van der Waals surface area contributed by atoms with Crippen LogP contribution in [0.4, 0.5) is 5.69 Å². The molecule has 0 bridgehead atoms. The van der Waals surface area contributed by atoms with Gasteiger partial charge >= 0.3 is 5.97 Å². The van der Waals surface area contributed by atoms with E-state index in [9.17, 15) is 13.2 Å². The minimum absolute atomic E-state index is 0.0754. The molecule has 7 heteroatoms. The Kier molecular flexibility index (Phi) is 5.03. The molecule has 0 saturated heterocycles. The molecule has 1 aromatic carbocycles. The van der Waals surface area contributed by atoms with Crippen LogP contribution in [0.2, 0.25) is 0 Å². The molecule has 0 saturated carbocycles. The quantitative estimate of drug-likeness (QED) is 0.810. The average Bonchev–Trinajstić information content (AvgIpc) is 2.78. The summed E-state index contributed by atoms with van der Waals surface area (Å²) < 4.78 is 33.2. The first-order chi connectivity index (χ1) is 11.2. The van der Waals surface area contributed by atoms with E-state index in [-0.39, 0.29) is 17.2 Å². The van der Waals surface area contributed by atoms with E-state index in [1.54, 1.807) is 26.8 Å². The Labute approximate surface area is 142 Å². The van der Waals surface area contributed by atoms with Crippen LogP contribution < -0.4 is 4.72 Å². The molecule has 0 fully saturated rings. The lowest BCUT2D eigenvalue weighted by molar-refractivity contribution is 0.0519. The highest BCUT2D eigenvalue weighted by molar-refractivity contribution is 7.92. The van der Waals surface area contributed by atoms with Crippen LogP contribution in [-0.2, 0) is 14.8 Å². The molecule has 24 heavy (non-hydrogen) atoms. The Hall–Kier alpha value is -2.28. The van der Waals surface area contributed by atoms with Gasteiger partial charge in [-0.2, -0.15) is 0 Å². The van der Waals surface area contributed by atoms with Crippen LogP contribution in [0.3, 0.4) is 0 Å². The van der Waals surface area contributed by atoms with E-state index in [0.717, 1.165) is 11.1 Å². The van der Waals surface area contributed by atoms with Crippen molar-refractivity contribution in [1.82, 2.24) is 4.98 Å². The number of benzene rings is 1. The zero-order valence-electron chi connectivity index (χ0n) is 14.5. The van der Waals surface area contributed by atoms with E-state index in [1.165, 1.54) is 0 Å². The summed E-state index contributed by atoms with van der Waals surface area (Å²) in [6.45, 7) is 8.85. The van der Waals surface area contributed by atoms with Gasteiger partial charge in [-0.1, -0.05) is 12.1 Å². The Bertz CT molecular complexity index is 882. The monoisotopic (exact) mass is 350 g/mol. The summed E-state index contributed by atoms with van der Waals surface area (Å²) in [6.07, 6.45) is 0. The number of aryl methyl sites for hydroxylation is 3. The van der Waals surface area contributed by atoms with Crippen LogP contribution >= 0.6 is 0 Å². The smallest absolute Gasteiger partial charge is 0.355 e. The predicted octanol–water partition coefficient (Wildman–Crippen LogP) is 3.23. The largest absolute Gasteiger partial charge is 0.461 e. The standard InChI is InChI=1S/C17H22N2O4S/c1-6-23-17(20)15-12(4)16(13(5)18-15)24(21,22)19-14-9-10(2)7-8-11(14)3/h7-9,18-19H,6H2,1-5H3. The van der Waals surface area contributed by atoms with Crippen LogP contribution in [0.5, 0.6) is 0 Å². The summed E-state index contributed by atoms with van der Waals surface area (Å²) in [6, 6.07) is 5.54. The van der Waals surface area contributed by atoms with Gasteiger partial charge < -0.3 is 9.72 Å². The molecule has 0 radical (unpaired) electrons. The Morgan fingerprint density at radius 3 is 2.50 bits per heavy atom. The first kappa shape index (κ1) is 18.1. The molecular formula is C17H22N2O4S. The highest BCUT2D eigenvalue weighted by atomic mass is 32.2. The molecule has 0 unspecified atom stereocenters. The van der Waals surface area contributed by atoms with Crippen molar-refractivity contribution in [3.05, 3.63) is 46.3 Å². The summed E-state index contributed by atoms with van der Waals surface area (Å²) >= 11 is 0. The molecule has 1 aromatic heterocycles. The second kappa shape index (κ2) is 6.68. The second-order valence-electron chi connectivity index (χ2n) is 5.72. The molecule has 2 N–H and O–H groups in total. The van der Waals surface area contributed by atoms with Crippen LogP contribution in [0.25, 0.3) is 0 Å². The van der Waals surface area contributed by atoms with Crippen molar-refractivity contribution < 1.29 is 17.9 Å². The lowest BCUT2D eigenvalue weighted by Gasteiger charge is -2.12. The lowest BCUT2D eigenvalue weighted by atomic mass is 10.1. The third-order valence-electron chi connectivity index (χ3n) is 3.75. The maximum atomic E-state index is 12.8. The number of aromatic amines is 1. The van der Waals surface area contributed by atoms with Gasteiger partial charge in [-0.3, -0.25) is 4.72 Å². The molecule has 2 aromatic rings. The van der Waals surface area contributed by atoms with E-state index in [1.807, 2.05) is 26.0 Å². The number of sulfonamides is 1. The van der Waals surface area contributed by atoms with E-state index in [4.69, 9.17) is 4.74 Å². The topological polar surface area (TPSA) is 88.3 Å². The third kappa shape index (κ3) is 3.46. The molecule has 0 aliphatic rings. The number of hydrogen-bond acceptors (Lipinski definition) is 4. The lowest BCUT2D eigenvalue weighted by Crippen LogP contribution is -2.15. The second-order valence-corrected chi connectivity index (χ2v) is 7.34. The van der Waals surface area contributed by atoms with E-state index >= 15 is 0 Å². The Morgan fingerprint density at radius 1 is 1.21 bits per heavy atom. The molecule has 0 aliphatic heterocycles. The number of hydrogen-bond donors (Lipinski definition) is 2. The van der Waals surface area contributed by atoms with Crippen LogP contribution in [0, 0.1) is 27.7 Å². The molecule has 2 rings (SSSR count). The van der Waals surface area contributed by atoms with E-state index < -0.39 is 16.0 Å². The van der Waals surface area contributed by atoms with Crippen LogP contribution in [0.1, 0.15) is 39.8 Å². The number of carbonyl (C=O) groups excluding carboxylic acids is 1. The zero-order chi connectivity index (χ0) is 18.1. The Balaban J connectivity index is 2.47. The van der Waals surface area contributed by atoms with Gasteiger partial charge in [0.05, 0.1) is 12.3 Å². The summed E-state index contributed by atoms with van der Waals surface area (Å²) in [5.41, 5.74) is 3.20. The van der Waals surface area contributed by atoms with Crippen molar-refractivity contribution >= 4 is 21.7 Å². The highest BCUT2D eigenvalue weighted by Crippen LogP contribution is 2.27. The highest BCUT2D eigenvalue weighted by Gasteiger charge is 2.27. The SMILES string of the molecule is CCOC(=O)c1[nH]c(C)c(S(=O)(=O)Nc2cc(C)ccc2C)c1C. The number of ether oxygens (including phenoxy) is 1. The number of anilines is 1. The molecule has 0 atom stereocenters. The van der Waals surface area contributed by atoms with Gasteiger partial charge in [0.15, 0.2) is 0 Å². The van der Waals surface area contributed by atoms with Gasteiger partial charge in [0.2, 0.25) is 0 Å². The zero-order valence-corrected chi connectivity index (χ0v) is 15.3. The number of H-pyrrole nitrogens is 1. The fourth-order valence-electron chi connectivity index (χ4n) is 2.58. The summed E-state index contributed by atoms with van der Waals surface area (Å²) in [4.78, 5) is 14.8. The normalized spacial score (nSPS) is 11.4. The van der Waals surface area contributed by atoms with Crippen molar-refractivity contribution in [3.8, 4) is 0 Å². The molecule has 130 valence electrons. The van der Waals surface area contributed by atoms with Gasteiger partial charge in [-0.05, 0) is 51.8 Å². The summed E-state index contributed by atoms with van der Waals surface area (Å²) in [7, 11) is -3.83. The molecular weight excluding hydrogens is 328 g/mol. The summed E-state index contributed by atoms with van der Waals surface area (Å²) in [5, 5.41) is 0. The fraction of sp³-hybridized carbons (Fsp3) is 0.353. The maximum Gasteiger partial charge on any atom is 0.355 e. The summed E-state index contributed by atoms with van der Waals surface area (Å²) in [5.74, 6) is -0.564. The molecule has 1 heterocycles. The minimum Gasteiger partial charge on any atom is -0.461 e. The van der Waals surface area contributed by atoms with Gasteiger partial charge in [-0.15, -0.1) is 0 Å². The number of rotatable bonds is 5. The fourth-order valence-corrected chi connectivity index (χ4v) is 4.16. The predicted molar refractivity (Wildman–Crippen MR) is 92.9 cm³/mol. The average molecular weight is 350 g/mol. The number of nitrogens with one attached hydrogen (secondary N) is 2. The van der Waals surface area contributed by atoms with Crippen LogP contribution in [-0.4, -0.2) is 26.0 Å². The maximum absolute atomic E-state index is 12.8. The van der Waals surface area contributed by atoms with E-state index in [2.05, 4.69) is 9.71 Å². The van der Waals surface area contributed by atoms with Crippen molar-refractivity contribution in [2.24, 2.45) is 0 Å². The molecule has 0 amide bonds. The first-order valence-electron chi connectivity index (χ1n) is 7.63. The Morgan fingerprint density at radius 2 is 1.88 bits per heavy atom. The minimum atomic E-state index is -3.83. The van der Waals surface area contributed by atoms with Gasteiger partial charge in [-0.25, -0.2) is 13.2 Å². The van der Waals surface area contributed by atoms with Gasteiger partial charge in [0.1, 0.15) is 10.6 Å². The van der Waals surface area contributed by atoms with Crippen molar-refractivity contribution in [3.63, 3.8) is 0 Å². The van der Waals surface area contributed by atoms with Gasteiger partial charge in [0.25, 0.3) is 10.0 Å². The van der Waals surface area contributed by atoms with E-state index in [0.29, 0.717) is 16.9 Å². The van der Waals surface area contributed by atoms with Crippen molar-refractivity contribution in [2.45, 2.75) is 39.5 Å². The van der Waals surface area contributed by atoms with Crippen LogP contribution in [0.15, 0.2) is 23.1 Å². The third-order valence-corrected chi connectivity index (χ3v) is 5.39. The van der Waals surface area contributed by atoms with Crippen molar-refractivity contribution in [1.29, 1.82) is 0 Å². The molecule has 6 nitrogen and oxygen atoms in total. The number of aromatic nitrogens is 1. The molecule has 0 aliphatic carbocycles. The molecule has 0 spiro atoms. The van der Waals surface area contributed by atoms with Gasteiger partial charge in [0, 0.05) is 11.3 Å². The number of carbonyl (C=O) groups is 1. The number of esters is 1. The first-order valence-corrected chi connectivity index (χ1v) is 9.12. The van der Waals surface area contributed by atoms with Crippen molar-refractivity contribution in [2.75, 3.05) is 11.3 Å².